The van der Waals surface area contributed by atoms with Crippen LogP contribution in [0, 0.1) is 0 Å². The monoisotopic (exact) mass is 270 g/mol. The van der Waals surface area contributed by atoms with Gasteiger partial charge < -0.3 is 0 Å². The van der Waals surface area contributed by atoms with Crippen LogP contribution in [0.4, 0.5) is 0 Å². The number of hydrogen-bond donors (Lipinski definition) is 1. The predicted octanol–water partition coefficient (Wildman–Crippen LogP) is 0.877. The summed E-state index contributed by atoms with van der Waals surface area (Å²) in [6.45, 7) is 0. The highest BCUT2D eigenvalue weighted by molar-refractivity contribution is 7.90. The van der Waals surface area contributed by atoms with Gasteiger partial charge in [0, 0.05) is 11.1 Å². The van der Waals surface area contributed by atoms with Gasteiger partial charge in [0.25, 0.3) is 5.56 Å². The summed E-state index contributed by atoms with van der Waals surface area (Å²) in [5, 5.41) is 0.338. The van der Waals surface area contributed by atoms with E-state index in [2.05, 4.69) is 9.97 Å². The van der Waals surface area contributed by atoms with Gasteiger partial charge >= 0.3 is 0 Å². The second kappa shape index (κ2) is 3.39. The number of aryl methyl sites for hydroxylation is 2. The molecule has 0 atom stereocenters. The number of H-pyrrole nitrogens is 1. The van der Waals surface area contributed by atoms with Crippen LogP contribution in [-0.2, 0) is 22.7 Å². The molecule has 7 heteroatoms. The summed E-state index contributed by atoms with van der Waals surface area (Å²) in [5.41, 5.74) is 0.716. The molecule has 0 radical (unpaired) electrons. The van der Waals surface area contributed by atoms with E-state index in [1.807, 2.05) is 0 Å². The third kappa shape index (κ3) is 1.61. The summed E-state index contributed by atoms with van der Waals surface area (Å²) in [7, 11) is -3.47. The Morgan fingerprint density at radius 2 is 2.12 bits per heavy atom. The third-order valence-corrected chi connectivity index (χ3v) is 4.99. The van der Waals surface area contributed by atoms with Crippen molar-refractivity contribution in [3.05, 3.63) is 20.8 Å². The maximum atomic E-state index is 11.9. The zero-order valence-electron chi connectivity index (χ0n) is 9.11. The van der Waals surface area contributed by atoms with Crippen molar-refractivity contribution in [1.29, 1.82) is 0 Å². The number of sulfone groups is 1. The highest BCUT2D eigenvalue weighted by atomic mass is 32.2. The first kappa shape index (κ1) is 10.9. The second-order valence-corrected chi connectivity index (χ2v) is 7.20. The molecule has 0 amide bonds. The maximum Gasteiger partial charge on any atom is 0.260 e. The molecular weight excluding hydrogens is 260 g/mol. The number of aromatic amines is 1. The molecule has 1 aliphatic rings. The predicted molar refractivity (Wildman–Crippen MR) is 65.4 cm³/mol. The molecule has 0 spiro atoms. The van der Waals surface area contributed by atoms with Gasteiger partial charge in [0.1, 0.15) is 4.83 Å². The Labute approximate surface area is 101 Å². The molecule has 17 heavy (non-hydrogen) atoms. The quantitative estimate of drug-likeness (QED) is 0.780. The normalized spacial score (nSPS) is 15.4. The summed E-state index contributed by atoms with van der Waals surface area (Å²) < 4.78 is 22.8. The van der Waals surface area contributed by atoms with Crippen LogP contribution in [0.25, 0.3) is 10.2 Å². The lowest BCUT2D eigenvalue weighted by molar-refractivity contribution is 0.593. The van der Waals surface area contributed by atoms with Crippen molar-refractivity contribution in [1.82, 2.24) is 9.97 Å². The first-order valence-electron chi connectivity index (χ1n) is 5.21. The van der Waals surface area contributed by atoms with Gasteiger partial charge in [-0.2, -0.15) is 0 Å². The van der Waals surface area contributed by atoms with E-state index in [0.717, 1.165) is 31.1 Å². The molecule has 0 saturated carbocycles. The van der Waals surface area contributed by atoms with Gasteiger partial charge in [-0.05, 0) is 24.8 Å². The van der Waals surface area contributed by atoms with E-state index in [4.69, 9.17) is 0 Å². The van der Waals surface area contributed by atoms with Crippen molar-refractivity contribution in [3.8, 4) is 0 Å². The fourth-order valence-corrected chi connectivity index (χ4v) is 4.01. The lowest BCUT2D eigenvalue weighted by Gasteiger charge is -1.98. The Morgan fingerprint density at radius 1 is 1.35 bits per heavy atom. The lowest BCUT2D eigenvalue weighted by Crippen LogP contribution is -2.14. The Hall–Kier alpha value is -1.21. The van der Waals surface area contributed by atoms with E-state index >= 15 is 0 Å². The van der Waals surface area contributed by atoms with Crippen LogP contribution in [0.15, 0.2) is 9.95 Å². The summed E-state index contributed by atoms with van der Waals surface area (Å²) in [6, 6.07) is 0. The minimum atomic E-state index is -3.47. The van der Waals surface area contributed by atoms with Crippen LogP contribution in [-0.4, -0.2) is 24.6 Å². The highest BCUT2D eigenvalue weighted by Crippen LogP contribution is 2.34. The van der Waals surface area contributed by atoms with Gasteiger partial charge in [-0.1, -0.05) is 0 Å². The summed E-state index contributed by atoms with van der Waals surface area (Å²) >= 11 is 1.44. The standard InChI is InChI=1S/C10H10N2O3S2/c1-17(14,15)10-11-8(13)7-5-3-2-4-6(5)16-9(7)12-10/h2-4H2,1H3,(H,11,12,13). The van der Waals surface area contributed by atoms with Gasteiger partial charge in [-0.25, -0.2) is 13.4 Å². The molecular formula is C10H10N2O3S2. The van der Waals surface area contributed by atoms with E-state index in [0.29, 0.717) is 10.2 Å². The molecule has 0 aromatic carbocycles. The van der Waals surface area contributed by atoms with Gasteiger partial charge in [-0.15, -0.1) is 11.3 Å². The largest absolute Gasteiger partial charge is 0.297 e. The molecule has 5 nitrogen and oxygen atoms in total. The molecule has 1 aliphatic carbocycles. The topological polar surface area (TPSA) is 79.9 Å². The summed E-state index contributed by atoms with van der Waals surface area (Å²) in [6.07, 6.45) is 3.95. The average molecular weight is 270 g/mol. The van der Waals surface area contributed by atoms with Crippen LogP contribution in [0.1, 0.15) is 16.9 Å². The lowest BCUT2D eigenvalue weighted by atomic mass is 10.2. The number of nitrogens with one attached hydrogen (secondary N) is 1. The molecule has 1 N–H and O–H groups in total. The first-order valence-corrected chi connectivity index (χ1v) is 7.92. The fraction of sp³-hybridized carbons (Fsp3) is 0.400. The van der Waals surface area contributed by atoms with Crippen molar-refractivity contribution in [2.75, 3.05) is 6.26 Å². The number of thiophene rings is 1. The van der Waals surface area contributed by atoms with Crippen molar-refractivity contribution < 1.29 is 8.42 Å². The van der Waals surface area contributed by atoms with Crippen LogP contribution in [0.5, 0.6) is 0 Å². The van der Waals surface area contributed by atoms with Gasteiger partial charge in [0.05, 0.1) is 5.39 Å². The van der Waals surface area contributed by atoms with Crippen molar-refractivity contribution >= 4 is 31.4 Å². The van der Waals surface area contributed by atoms with Gasteiger partial charge in [0.15, 0.2) is 0 Å². The number of fused-ring (bicyclic) bond motifs is 3. The minimum absolute atomic E-state index is 0.241. The number of rotatable bonds is 1. The van der Waals surface area contributed by atoms with E-state index in [1.54, 1.807) is 0 Å². The van der Waals surface area contributed by atoms with E-state index in [9.17, 15) is 13.2 Å². The van der Waals surface area contributed by atoms with Gasteiger partial charge in [0.2, 0.25) is 15.0 Å². The van der Waals surface area contributed by atoms with Crippen molar-refractivity contribution in [2.24, 2.45) is 0 Å². The van der Waals surface area contributed by atoms with Crippen LogP contribution >= 0.6 is 11.3 Å². The molecule has 0 bridgehead atoms. The summed E-state index contributed by atoms with van der Waals surface area (Å²) in [5.74, 6) is 0. The van der Waals surface area contributed by atoms with E-state index in [-0.39, 0.29) is 10.7 Å². The molecule has 3 rings (SSSR count). The van der Waals surface area contributed by atoms with Crippen molar-refractivity contribution in [3.63, 3.8) is 0 Å². The molecule has 0 aliphatic heterocycles. The zero-order valence-corrected chi connectivity index (χ0v) is 10.7. The van der Waals surface area contributed by atoms with Crippen LogP contribution in [0.3, 0.4) is 0 Å². The number of hydrogen-bond acceptors (Lipinski definition) is 5. The molecule has 2 aromatic heterocycles. The molecule has 90 valence electrons. The Kier molecular flexibility index (Phi) is 2.18. The molecule has 2 aromatic rings. The molecule has 0 unspecified atom stereocenters. The fourth-order valence-electron chi connectivity index (χ4n) is 2.16. The SMILES string of the molecule is CS(=O)(=O)c1nc2sc3c(c2c(=O)[nH]1)CCC3. The van der Waals surface area contributed by atoms with E-state index < -0.39 is 9.84 Å². The first-order chi connectivity index (χ1) is 7.97. The molecule has 0 fully saturated rings. The minimum Gasteiger partial charge on any atom is -0.297 e. The highest BCUT2D eigenvalue weighted by Gasteiger charge is 2.22. The maximum absolute atomic E-state index is 11.9. The molecule has 2 heterocycles. The Balaban J connectivity index is 2.41. The number of aromatic nitrogens is 2. The Bertz CT molecular complexity index is 771. The average Bonchev–Trinajstić information content (AvgIpc) is 2.73. The van der Waals surface area contributed by atoms with Crippen molar-refractivity contribution in [2.45, 2.75) is 24.4 Å². The third-order valence-electron chi connectivity index (χ3n) is 2.90. The van der Waals surface area contributed by atoms with E-state index in [1.165, 1.54) is 16.2 Å². The smallest absolute Gasteiger partial charge is 0.260 e. The number of nitrogens with zero attached hydrogens (tertiary/aromatic N) is 1. The van der Waals surface area contributed by atoms with Crippen LogP contribution in [0.2, 0.25) is 0 Å². The van der Waals surface area contributed by atoms with Crippen LogP contribution < -0.4 is 5.56 Å². The second-order valence-electron chi connectivity index (χ2n) is 4.18. The summed E-state index contributed by atoms with van der Waals surface area (Å²) in [4.78, 5) is 20.0. The molecule has 0 saturated heterocycles. The Morgan fingerprint density at radius 3 is 2.82 bits per heavy atom. The van der Waals surface area contributed by atoms with Gasteiger partial charge in [-0.3, -0.25) is 9.78 Å². The zero-order chi connectivity index (χ0) is 12.2.